The topological polar surface area (TPSA) is 26.0 Å². The Balaban J connectivity index is 2.89. The van der Waals surface area contributed by atoms with Crippen molar-refractivity contribution in [1.82, 2.24) is 0 Å². The zero-order valence-electron chi connectivity index (χ0n) is 6.98. The number of halogens is 2. The lowest BCUT2D eigenvalue weighted by molar-refractivity contribution is 1.29. The maximum absolute atomic E-state index is 5.88. The Morgan fingerprint density at radius 1 is 1.38 bits per heavy atom. The fourth-order valence-corrected chi connectivity index (χ4v) is 1.10. The van der Waals surface area contributed by atoms with Crippen molar-refractivity contribution in [3.8, 4) is 11.8 Å². The van der Waals surface area contributed by atoms with Gasteiger partial charge in [-0.15, -0.1) is 11.6 Å². The predicted octanol–water partition coefficient (Wildman–Crippen LogP) is 2.90. The van der Waals surface area contributed by atoms with E-state index < -0.39 is 0 Å². The van der Waals surface area contributed by atoms with Gasteiger partial charge < -0.3 is 5.73 Å². The van der Waals surface area contributed by atoms with Gasteiger partial charge in [0.1, 0.15) is 0 Å². The standard InChI is InChI=1S/C10H9Cl2N/c11-6-2-1-3-8-7-9(13)4-5-10(8)12/h4-5,7H,2,6,13H2. The summed E-state index contributed by atoms with van der Waals surface area (Å²) in [4.78, 5) is 0. The first-order chi connectivity index (χ1) is 6.24. The van der Waals surface area contributed by atoms with E-state index in [1.807, 2.05) is 0 Å². The molecule has 13 heavy (non-hydrogen) atoms. The molecule has 0 aromatic heterocycles. The molecule has 0 saturated heterocycles. The van der Waals surface area contributed by atoms with Crippen LogP contribution in [0.15, 0.2) is 18.2 Å². The molecular formula is C10H9Cl2N. The molecule has 0 saturated carbocycles. The zero-order valence-corrected chi connectivity index (χ0v) is 8.49. The molecule has 1 aromatic rings. The molecular weight excluding hydrogens is 205 g/mol. The first-order valence-electron chi connectivity index (χ1n) is 3.84. The van der Waals surface area contributed by atoms with E-state index in [2.05, 4.69) is 11.8 Å². The molecule has 3 heteroatoms. The van der Waals surface area contributed by atoms with Crippen LogP contribution in [0.3, 0.4) is 0 Å². The van der Waals surface area contributed by atoms with Crippen molar-refractivity contribution in [2.24, 2.45) is 0 Å². The summed E-state index contributed by atoms with van der Waals surface area (Å²) in [6.45, 7) is 0. The molecule has 1 rings (SSSR count). The van der Waals surface area contributed by atoms with Crippen LogP contribution < -0.4 is 5.73 Å². The Morgan fingerprint density at radius 2 is 2.15 bits per heavy atom. The number of anilines is 1. The summed E-state index contributed by atoms with van der Waals surface area (Å²) in [5.41, 5.74) is 7.00. The smallest absolute Gasteiger partial charge is 0.0564 e. The molecule has 0 unspecified atom stereocenters. The van der Waals surface area contributed by atoms with E-state index in [9.17, 15) is 0 Å². The van der Waals surface area contributed by atoms with Crippen LogP contribution in [0.25, 0.3) is 0 Å². The maximum atomic E-state index is 5.88. The summed E-state index contributed by atoms with van der Waals surface area (Å²) in [5, 5.41) is 0.622. The molecule has 1 aromatic carbocycles. The van der Waals surface area contributed by atoms with Crippen LogP contribution in [0.2, 0.25) is 5.02 Å². The van der Waals surface area contributed by atoms with Crippen LogP contribution in [-0.4, -0.2) is 5.88 Å². The number of benzene rings is 1. The van der Waals surface area contributed by atoms with E-state index in [0.717, 1.165) is 5.56 Å². The Labute approximate surface area is 87.8 Å². The minimum atomic E-state index is 0.535. The molecule has 0 amide bonds. The van der Waals surface area contributed by atoms with Crippen molar-refractivity contribution in [2.75, 3.05) is 11.6 Å². The fourth-order valence-electron chi connectivity index (χ4n) is 0.844. The first-order valence-corrected chi connectivity index (χ1v) is 4.75. The second-order valence-corrected chi connectivity index (χ2v) is 3.27. The Morgan fingerprint density at radius 3 is 2.85 bits per heavy atom. The van der Waals surface area contributed by atoms with Gasteiger partial charge >= 0.3 is 0 Å². The first kappa shape index (κ1) is 10.2. The van der Waals surface area contributed by atoms with Crippen LogP contribution in [-0.2, 0) is 0 Å². The van der Waals surface area contributed by atoms with Gasteiger partial charge in [0, 0.05) is 23.6 Å². The molecule has 0 spiro atoms. The summed E-state index contributed by atoms with van der Waals surface area (Å²) in [7, 11) is 0. The number of rotatable bonds is 1. The number of hydrogen-bond donors (Lipinski definition) is 1. The van der Waals surface area contributed by atoms with E-state index in [4.69, 9.17) is 28.9 Å². The highest BCUT2D eigenvalue weighted by atomic mass is 35.5. The maximum Gasteiger partial charge on any atom is 0.0564 e. The summed E-state index contributed by atoms with van der Waals surface area (Å²) in [6.07, 6.45) is 0.659. The van der Waals surface area contributed by atoms with Gasteiger partial charge in [0.15, 0.2) is 0 Å². The van der Waals surface area contributed by atoms with Gasteiger partial charge in [-0.25, -0.2) is 0 Å². The Kier molecular flexibility index (Phi) is 3.95. The fraction of sp³-hybridized carbons (Fsp3) is 0.200. The summed E-state index contributed by atoms with van der Waals surface area (Å²) in [6, 6.07) is 5.24. The number of hydrogen-bond acceptors (Lipinski definition) is 1. The lowest BCUT2D eigenvalue weighted by atomic mass is 10.2. The van der Waals surface area contributed by atoms with Gasteiger partial charge in [0.05, 0.1) is 5.02 Å². The van der Waals surface area contributed by atoms with Crippen LogP contribution in [0, 0.1) is 11.8 Å². The Bertz CT molecular complexity index is 350. The summed E-state index contributed by atoms with van der Waals surface area (Å²) >= 11 is 11.4. The molecule has 0 aliphatic rings. The highest BCUT2D eigenvalue weighted by molar-refractivity contribution is 6.31. The monoisotopic (exact) mass is 213 g/mol. The van der Waals surface area contributed by atoms with Gasteiger partial charge in [-0.1, -0.05) is 23.4 Å². The number of nitrogen functional groups attached to an aromatic ring is 1. The van der Waals surface area contributed by atoms with Gasteiger partial charge in [0.2, 0.25) is 0 Å². The van der Waals surface area contributed by atoms with Crippen LogP contribution in [0.5, 0.6) is 0 Å². The zero-order chi connectivity index (χ0) is 9.68. The highest BCUT2D eigenvalue weighted by Gasteiger charge is 1.95. The van der Waals surface area contributed by atoms with E-state index in [0.29, 0.717) is 23.0 Å². The van der Waals surface area contributed by atoms with Gasteiger partial charge in [-0.05, 0) is 18.2 Å². The molecule has 0 heterocycles. The highest BCUT2D eigenvalue weighted by Crippen LogP contribution is 2.17. The SMILES string of the molecule is Nc1ccc(Cl)c(C#CCCCl)c1. The average molecular weight is 214 g/mol. The van der Waals surface area contributed by atoms with E-state index in [-0.39, 0.29) is 0 Å². The van der Waals surface area contributed by atoms with Crippen LogP contribution >= 0.6 is 23.2 Å². The molecule has 0 bridgehead atoms. The van der Waals surface area contributed by atoms with Crippen molar-refractivity contribution < 1.29 is 0 Å². The molecule has 0 aliphatic carbocycles. The predicted molar refractivity (Wildman–Crippen MR) is 58.1 cm³/mol. The summed E-state index contributed by atoms with van der Waals surface area (Å²) in [5.74, 6) is 6.34. The van der Waals surface area contributed by atoms with E-state index >= 15 is 0 Å². The lowest BCUT2D eigenvalue weighted by Crippen LogP contribution is -1.86. The second-order valence-electron chi connectivity index (χ2n) is 2.48. The molecule has 0 radical (unpaired) electrons. The quantitative estimate of drug-likeness (QED) is 0.434. The average Bonchev–Trinajstić information content (AvgIpc) is 2.11. The van der Waals surface area contributed by atoms with Crippen molar-refractivity contribution in [2.45, 2.75) is 6.42 Å². The Hall–Kier alpha value is -0.840. The molecule has 68 valence electrons. The van der Waals surface area contributed by atoms with Crippen molar-refractivity contribution in [3.05, 3.63) is 28.8 Å². The third kappa shape index (κ3) is 3.18. The number of nitrogens with two attached hydrogens (primary N) is 1. The molecule has 0 fully saturated rings. The minimum Gasteiger partial charge on any atom is -0.399 e. The van der Waals surface area contributed by atoms with E-state index in [1.165, 1.54) is 0 Å². The van der Waals surface area contributed by atoms with Crippen LogP contribution in [0.4, 0.5) is 5.69 Å². The third-order valence-electron chi connectivity index (χ3n) is 1.43. The summed E-state index contributed by atoms with van der Waals surface area (Å²) < 4.78 is 0. The number of alkyl halides is 1. The largest absolute Gasteiger partial charge is 0.399 e. The van der Waals surface area contributed by atoms with Crippen molar-refractivity contribution >= 4 is 28.9 Å². The van der Waals surface area contributed by atoms with E-state index in [1.54, 1.807) is 18.2 Å². The lowest BCUT2D eigenvalue weighted by Gasteiger charge is -1.96. The molecule has 2 N–H and O–H groups in total. The third-order valence-corrected chi connectivity index (χ3v) is 1.95. The second kappa shape index (κ2) is 5.01. The van der Waals surface area contributed by atoms with Gasteiger partial charge in [-0.3, -0.25) is 0 Å². The van der Waals surface area contributed by atoms with Crippen LogP contribution in [0.1, 0.15) is 12.0 Å². The molecule has 0 aliphatic heterocycles. The van der Waals surface area contributed by atoms with Gasteiger partial charge in [0.25, 0.3) is 0 Å². The normalized spacial score (nSPS) is 9.08. The molecule has 0 atom stereocenters. The molecule has 1 nitrogen and oxygen atoms in total. The van der Waals surface area contributed by atoms with Crippen molar-refractivity contribution in [3.63, 3.8) is 0 Å². The van der Waals surface area contributed by atoms with Gasteiger partial charge in [-0.2, -0.15) is 0 Å². The minimum absolute atomic E-state index is 0.535. The van der Waals surface area contributed by atoms with Crippen molar-refractivity contribution in [1.29, 1.82) is 0 Å².